The summed E-state index contributed by atoms with van der Waals surface area (Å²) < 4.78 is 15.7. The molecule has 3 rings (SSSR count). The monoisotopic (exact) mass is 308 g/mol. The van der Waals surface area contributed by atoms with Crippen molar-refractivity contribution < 1.29 is 4.39 Å². The van der Waals surface area contributed by atoms with E-state index in [4.69, 9.17) is 23.2 Å². The Bertz CT molecular complexity index is 796. The Morgan fingerprint density at radius 3 is 2.80 bits per heavy atom. The molecule has 3 aromatic rings. The zero-order valence-corrected chi connectivity index (χ0v) is 12.2. The summed E-state index contributed by atoms with van der Waals surface area (Å²) in [6.45, 7) is 1.97. The minimum atomic E-state index is -0.354. The van der Waals surface area contributed by atoms with Gasteiger partial charge in [-0.1, -0.05) is 23.7 Å². The largest absolute Gasteiger partial charge is 0.295 e. The molecule has 0 amide bonds. The highest BCUT2D eigenvalue weighted by molar-refractivity contribution is 6.30. The average Bonchev–Trinajstić information content (AvgIpc) is 2.81. The maximum absolute atomic E-state index is 13.9. The van der Waals surface area contributed by atoms with Gasteiger partial charge in [0.1, 0.15) is 11.3 Å². The summed E-state index contributed by atoms with van der Waals surface area (Å²) in [5.74, 6) is 0.435. The molecule has 5 heteroatoms. The SMILES string of the molecule is Cc1ccc(Cl)cc1-n1c(CCl)nc2c(F)cccc21. The number of hydrogen-bond acceptors (Lipinski definition) is 1. The van der Waals surface area contributed by atoms with Crippen LogP contribution in [-0.4, -0.2) is 9.55 Å². The quantitative estimate of drug-likeness (QED) is 0.618. The van der Waals surface area contributed by atoms with Crippen molar-refractivity contribution in [1.29, 1.82) is 0 Å². The zero-order chi connectivity index (χ0) is 14.3. The molecule has 0 unspecified atom stereocenters. The number of hydrogen-bond donors (Lipinski definition) is 0. The first-order valence-electron chi connectivity index (χ1n) is 6.10. The van der Waals surface area contributed by atoms with Crippen molar-refractivity contribution in [2.75, 3.05) is 0 Å². The smallest absolute Gasteiger partial charge is 0.151 e. The Morgan fingerprint density at radius 1 is 1.25 bits per heavy atom. The molecular weight excluding hydrogens is 298 g/mol. The van der Waals surface area contributed by atoms with Crippen molar-refractivity contribution in [2.24, 2.45) is 0 Å². The molecule has 1 aromatic heterocycles. The van der Waals surface area contributed by atoms with Gasteiger partial charge in [0.2, 0.25) is 0 Å². The first kappa shape index (κ1) is 13.4. The lowest BCUT2D eigenvalue weighted by Crippen LogP contribution is -2.01. The van der Waals surface area contributed by atoms with Gasteiger partial charge in [-0.2, -0.15) is 0 Å². The summed E-state index contributed by atoms with van der Waals surface area (Å²) in [6, 6.07) is 10.4. The average molecular weight is 309 g/mol. The number of aromatic nitrogens is 2. The van der Waals surface area contributed by atoms with E-state index in [0.29, 0.717) is 21.9 Å². The third-order valence-electron chi connectivity index (χ3n) is 3.24. The van der Waals surface area contributed by atoms with Crippen LogP contribution in [0.15, 0.2) is 36.4 Å². The summed E-state index contributed by atoms with van der Waals surface area (Å²) in [7, 11) is 0. The minimum absolute atomic E-state index is 0.195. The number of para-hydroxylation sites is 1. The highest BCUT2D eigenvalue weighted by Crippen LogP contribution is 2.28. The van der Waals surface area contributed by atoms with E-state index in [9.17, 15) is 4.39 Å². The second-order valence-electron chi connectivity index (χ2n) is 4.54. The van der Waals surface area contributed by atoms with Gasteiger partial charge in [0, 0.05) is 5.02 Å². The summed E-state index contributed by atoms with van der Waals surface area (Å²) in [6.07, 6.45) is 0. The van der Waals surface area contributed by atoms with Crippen molar-refractivity contribution in [1.82, 2.24) is 9.55 Å². The molecule has 0 atom stereocenters. The summed E-state index contributed by atoms with van der Waals surface area (Å²) in [5, 5.41) is 0.615. The number of alkyl halides is 1. The third-order valence-corrected chi connectivity index (χ3v) is 3.71. The molecule has 0 radical (unpaired) electrons. The lowest BCUT2D eigenvalue weighted by Gasteiger charge is -2.11. The molecule has 0 aliphatic heterocycles. The van der Waals surface area contributed by atoms with Gasteiger partial charge in [-0.05, 0) is 36.8 Å². The molecule has 0 saturated carbocycles. The standard InChI is InChI=1S/C15H11Cl2FN2/c1-9-5-6-10(17)7-13(9)20-12-4-2-3-11(18)15(12)19-14(20)8-16/h2-7H,8H2,1H3. The molecule has 1 heterocycles. The van der Waals surface area contributed by atoms with Crippen LogP contribution in [0.4, 0.5) is 4.39 Å². The van der Waals surface area contributed by atoms with E-state index in [0.717, 1.165) is 11.3 Å². The van der Waals surface area contributed by atoms with Crippen LogP contribution in [0.2, 0.25) is 5.02 Å². The number of nitrogens with zero attached hydrogens (tertiary/aromatic N) is 2. The number of benzene rings is 2. The first-order valence-corrected chi connectivity index (χ1v) is 7.01. The normalized spacial score (nSPS) is 11.2. The van der Waals surface area contributed by atoms with E-state index in [1.807, 2.05) is 35.8 Å². The topological polar surface area (TPSA) is 17.8 Å². The fourth-order valence-corrected chi connectivity index (χ4v) is 2.64. The van der Waals surface area contributed by atoms with Crippen LogP contribution < -0.4 is 0 Å². The summed E-state index contributed by atoms with van der Waals surface area (Å²) >= 11 is 12.0. The Morgan fingerprint density at radius 2 is 2.05 bits per heavy atom. The van der Waals surface area contributed by atoms with Gasteiger partial charge < -0.3 is 0 Å². The van der Waals surface area contributed by atoms with Crippen LogP contribution in [0, 0.1) is 12.7 Å². The molecule has 0 aliphatic carbocycles. The van der Waals surface area contributed by atoms with E-state index in [-0.39, 0.29) is 11.7 Å². The van der Waals surface area contributed by atoms with Crippen LogP contribution in [0.3, 0.4) is 0 Å². The van der Waals surface area contributed by atoms with E-state index < -0.39 is 0 Å². The van der Waals surface area contributed by atoms with Crippen molar-refractivity contribution in [2.45, 2.75) is 12.8 Å². The zero-order valence-electron chi connectivity index (χ0n) is 10.7. The molecule has 0 bridgehead atoms. The summed E-state index contributed by atoms with van der Waals surface area (Å²) in [5.41, 5.74) is 2.89. The lowest BCUT2D eigenvalue weighted by molar-refractivity contribution is 0.637. The molecule has 0 aliphatic rings. The number of fused-ring (bicyclic) bond motifs is 1. The highest BCUT2D eigenvalue weighted by atomic mass is 35.5. The van der Waals surface area contributed by atoms with Gasteiger partial charge in [-0.15, -0.1) is 11.6 Å². The third kappa shape index (κ3) is 2.07. The van der Waals surface area contributed by atoms with Crippen molar-refractivity contribution >= 4 is 34.2 Å². The molecule has 0 N–H and O–H groups in total. The molecule has 2 nitrogen and oxygen atoms in total. The van der Waals surface area contributed by atoms with E-state index in [1.54, 1.807) is 6.07 Å². The summed E-state index contributed by atoms with van der Waals surface area (Å²) in [4.78, 5) is 4.29. The van der Waals surface area contributed by atoms with Gasteiger partial charge in [-0.3, -0.25) is 4.57 Å². The molecule has 0 fully saturated rings. The second kappa shape index (κ2) is 5.08. The van der Waals surface area contributed by atoms with Gasteiger partial charge in [-0.25, -0.2) is 9.37 Å². The van der Waals surface area contributed by atoms with Crippen LogP contribution in [-0.2, 0) is 5.88 Å². The predicted octanol–water partition coefficient (Wildman–Crippen LogP) is 4.87. The van der Waals surface area contributed by atoms with Gasteiger partial charge >= 0.3 is 0 Å². The molecule has 20 heavy (non-hydrogen) atoms. The van der Waals surface area contributed by atoms with Crippen LogP contribution in [0.1, 0.15) is 11.4 Å². The second-order valence-corrected chi connectivity index (χ2v) is 5.24. The fraction of sp³-hybridized carbons (Fsp3) is 0.133. The maximum Gasteiger partial charge on any atom is 0.151 e. The lowest BCUT2D eigenvalue weighted by atomic mass is 10.2. The predicted molar refractivity (Wildman–Crippen MR) is 80.3 cm³/mol. The Balaban J connectivity index is 2.40. The van der Waals surface area contributed by atoms with Crippen LogP contribution in [0.5, 0.6) is 0 Å². The van der Waals surface area contributed by atoms with Gasteiger partial charge in [0.05, 0.1) is 17.1 Å². The van der Waals surface area contributed by atoms with E-state index in [2.05, 4.69) is 4.98 Å². The number of aryl methyl sites for hydroxylation is 1. The minimum Gasteiger partial charge on any atom is -0.295 e. The van der Waals surface area contributed by atoms with Crippen LogP contribution in [0.25, 0.3) is 16.7 Å². The Labute approximate surface area is 125 Å². The molecule has 102 valence electrons. The van der Waals surface area contributed by atoms with Crippen molar-refractivity contribution in [3.05, 3.63) is 58.6 Å². The number of imidazole rings is 1. The molecule has 0 spiro atoms. The van der Waals surface area contributed by atoms with Gasteiger partial charge in [0.15, 0.2) is 5.82 Å². The van der Waals surface area contributed by atoms with Gasteiger partial charge in [0.25, 0.3) is 0 Å². The van der Waals surface area contributed by atoms with Crippen molar-refractivity contribution in [3.8, 4) is 5.69 Å². The molecule has 0 saturated heterocycles. The van der Waals surface area contributed by atoms with E-state index >= 15 is 0 Å². The van der Waals surface area contributed by atoms with Crippen molar-refractivity contribution in [3.63, 3.8) is 0 Å². The number of halogens is 3. The highest BCUT2D eigenvalue weighted by Gasteiger charge is 2.15. The first-order chi connectivity index (χ1) is 9.61. The Kier molecular flexibility index (Phi) is 3.40. The number of rotatable bonds is 2. The van der Waals surface area contributed by atoms with E-state index in [1.165, 1.54) is 6.07 Å². The maximum atomic E-state index is 13.9. The fourth-order valence-electron chi connectivity index (χ4n) is 2.30. The molecule has 2 aromatic carbocycles. The van der Waals surface area contributed by atoms with Crippen LogP contribution >= 0.6 is 23.2 Å². The Hall–Kier alpha value is -1.58. The molecular formula is C15H11Cl2FN2.